The number of alkyl halides is 3. The molecule has 0 radical (unpaired) electrons. The van der Waals surface area contributed by atoms with Gasteiger partial charge in [0.15, 0.2) is 0 Å². The molecule has 1 saturated heterocycles. The molecule has 0 spiro atoms. The molecule has 0 saturated carbocycles. The highest BCUT2D eigenvalue weighted by Crippen LogP contribution is 2.38. The van der Waals surface area contributed by atoms with E-state index in [1.54, 1.807) is 12.1 Å². The van der Waals surface area contributed by atoms with E-state index >= 15 is 0 Å². The van der Waals surface area contributed by atoms with Gasteiger partial charge < -0.3 is 0 Å². The minimum atomic E-state index is -4.25. The van der Waals surface area contributed by atoms with Crippen LogP contribution in [0.1, 0.15) is 30.4 Å². The quantitative estimate of drug-likeness (QED) is 0.744. The zero-order valence-corrected chi connectivity index (χ0v) is 10.7. The van der Waals surface area contributed by atoms with Crippen molar-refractivity contribution in [3.8, 4) is 0 Å². The lowest BCUT2D eigenvalue weighted by Gasteiger charge is -2.30. The third kappa shape index (κ3) is 2.29. The summed E-state index contributed by atoms with van der Waals surface area (Å²) >= 11 is 0. The SMILES string of the molecule is CN1[C@H]2CC[C@@H]1C=C(c1ccc(C(F)(F)F)cc1)C2. The lowest BCUT2D eigenvalue weighted by atomic mass is 9.94. The molecule has 0 amide bonds. The Balaban J connectivity index is 1.86. The van der Waals surface area contributed by atoms with Crippen LogP contribution in [0.25, 0.3) is 5.57 Å². The summed E-state index contributed by atoms with van der Waals surface area (Å²) in [7, 11) is 2.13. The van der Waals surface area contributed by atoms with Crippen molar-refractivity contribution >= 4 is 5.57 Å². The van der Waals surface area contributed by atoms with Gasteiger partial charge >= 0.3 is 6.18 Å². The Morgan fingerprint density at radius 3 is 2.37 bits per heavy atom. The highest BCUT2D eigenvalue weighted by atomic mass is 19.4. The minimum Gasteiger partial charge on any atom is -0.297 e. The molecule has 2 aliphatic heterocycles. The van der Waals surface area contributed by atoms with Crippen LogP contribution in [0.15, 0.2) is 30.3 Å². The Hall–Kier alpha value is -1.29. The largest absolute Gasteiger partial charge is 0.416 e. The molecular formula is C15H16F3N. The molecule has 1 aromatic carbocycles. The van der Waals surface area contributed by atoms with Crippen LogP contribution in [0.5, 0.6) is 0 Å². The third-order valence-corrected chi connectivity index (χ3v) is 4.33. The third-order valence-electron chi connectivity index (χ3n) is 4.33. The van der Waals surface area contributed by atoms with Crippen LogP contribution < -0.4 is 0 Å². The van der Waals surface area contributed by atoms with Crippen LogP contribution in [0.4, 0.5) is 13.2 Å². The van der Waals surface area contributed by atoms with Gasteiger partial charge in [0, 0.05) is 12.1 Å². The fraction of sp³-hybridized carbons (Fsp3) is 0.467. The first-order valence-electron chi connectivity index (χ1n) is 6.55. The van der Waals surface area contributed by atoms with Crippen molar-refractivity contribution in [2.24, 2.45) is 0 Å². The van der Waals surface area contributed by atoms with Crippen LogP contribution in [0.3, 0.4) is 0 Å². The van der Waals surface area contributed by atoms with E-state index < -0.39 is 11.7 Å². The normalized spacial score (nSPS) is 27.5. The first-order valence-corrected chi connectivity index (χ1v) is 6.55. The molecule has 3 rings (SSSR count). The summed E-state index contributed by atoms with van der Waals surface area (Å²) in [6, 6.07) is 6.55. The summed E-state index contributed by atoms with van der Waals surface area (Å²) < 4.78 is 37.6. The Labute approximate surface area is 110 Å². The van der Waals surface area contributed by atoms with Gasteiger partial charge in [-0.25, -0.2) is 0 Å². The second kappa shape index (κ2) is 4.37. The smallest absolute Gasteiger partial charge is 0.297 e. The van der Waals surface area contributed by atoms with Gasteiger partial charge in [-0.1, -0.05) is 18.2 Å². The average molecular weight is 267 g/mol. The predicted octanol–water partition coefficient (Wildman–Crippen LogP) is 3.96. The minimum absolute atomic E-state index is 0.455. The first kappa shape index (κ1) is 12.7. The molecule has 1 aromatic rings. The summed E-state index contributed by atoms with van der Waals surface area (Å²) in [5.74, 6) is 0. The van der Waals surface area contributed by atoms with E-state index in [1.165, 1.54) is 24.1 Å². The van der Waals surface area contributed by atoms with Crippen LogP contribution in [0, 0.1) is 0 Å². The molecule has 2 atom stereocenters. The van der Waals surface area contributed by atoms with Crippen LogP contribution in [-0.4, -0.2) is 24.0 Å². The van der Waals surface area contributed by atoms with Gasteiger partial charge in [-0.15, -0.1) is 0 Å². The summed E-state index contributed by atoms with van der Waals surface area (Å²) in [6.45, 7) is 0. The van der Waals surface area contributed by atoms with Gasteiger partial charge in [0.2, 0.25) is 0 Å². The van der Waals surface area contributed by atoms with E-state index in [0.717, 1.165) is 18.4 Å². The molecule has 0 N–H and O–H groups in total. The number of rotatable bonds is 1. The standard InChI is InChI=1S/C15H16F3N/c1-19-13-6-7-14(19)9-11(8-13)10-2-4-12(5-3-10)15(16,17)18/h2-5,8,13-14H,6-7,9H2,1H3/t13-,14+/m1/s1. The van der Waals surface area contributed by atoms with Crippen molar-refractivity contribution in [3.05, 3.63) is 41.5 Å². The number of nitrogens with zero attached hydrogens (tertiary/aromatic N) is 1. The fourth-order valence-electron chi connectivity index (χ4n) is 3.13. The monoisotopic (exact) mass is 267 g/mol. The lowest BCUT2D eigenvalue weighted by Crippen LogP contribution is -2.34. The Kier molecular flexibility index (Phi) is 2.93. The maximum absolute atomic E-state index is 12.5. The molecule has 2 bridgehead atoms. The Morgan fingerprint density at radius 2 is 1.79 bits per heavy atom. The second-order valence-corrected chi connectivity index (χ2v) is 5.44. The van der Waals surface area contributed by atoms with Crippen LogP contribution in [0.2, 0.25) is 0 Å². The summed E-state index contributed by atoms with van der Waals surface area (Å²) in [6.07, 6.45) is 1.25. The lowest BCUT2D eigenvalue weighted by molar-refractivity contribution is -0.137. The van der Waals surface area contributed by atoms with Crippen molar-refractivity contribution in [1.29, 1.82) is 0 Å². The number of hydrogen-bond acceptors (Lipinski definition) is 1. The average Bonchev–Trinajstić information content (AvgIpc) is 2.61. The van der Waals surface area contributed by atoms with Crippen molar-refractivity contribution in [1.82, 2.24) is 4.90 Å². The van der Waals surface area contributed by atoms with Gasteiger partial charge in [0.05, 0.1) is 5.56 Å². The van der Waals surface area contributed by atoms with Crippen LogP contribution >= 0.6 is 0 Å². The number of fused-ring (bicyclic) bond motifs is 2. The maximum Gasteiger partial charge on any atom is 0.416 e. The van der Waals surface area contributed by atoms with E-state index in [9.17, 15) is 13.2 Å². The van der Waals surface area contributed by atoms with Gasteiger partial charge in [0.1, 0.15) is 0 Å². The van der Waals surface area contributed by atoms with Gasteiger partial charge in [-0.05, 0) is 49.6 Å². The van der Waals surface area contributed by atoms with Crippen LogP contribution in [-0.2, 0) is 6.18 Å². The number of benzene rings is 1. The Bertz CT molecular complexity index is 501. The van der Waals surface area contributed by atoms with Gasteiger partial charge in [-0.2, -0.15) is 13.2 Å². The predicted molar refractivity (Wildman–Crippen MR) is 68.6 cm³/mol. The summed E-state index contributed by atoms with van der Waals surface area (Å²) in [5, 5.41) is 0. The van der Waals surface area contributed by atoms with Crippen molar-refractivity contribution in [2.75, 3.05) is 7.05 Å². The van der Waals surface area contributed by atoms with Gasteiger partial charge in [0.25, 0.3) is 0 Å². The van der Waals surface area contributed by atoms with Crippen molar-refractivity contribution in [2.45, 2.75) is 37.5 Å². The van der Waals surface area contributed by atoms with E-state index in [4.69, 9.17) is 0 Å². The highest BCUT2D eigenvalue weighted by molar-refractivity contribution is 5.68. The molecule has 19 heavy (non-hydrogen) atoms. The van der Waals surface area contributed by atoms with Gasteiger partial charge in [-0.3, -0.25) is 4.90 Å². The van der Waals surface area contributed by atoms with E-state index in [-0.39, 0.29) is 0 Å². The number of hydrogen-bond donors (Lipinski definition) is 0. The number of likely N-dealkylation sites (N-methyl/N-ethyl adjacent to an activating group) is 1. The topological polar surface area (TPSA) is 3.24 Å². The highest BCUT2D eigenvalue weighted by Gasteiger charge is 2.34. The second-order valence-electron chi connectivity index (χ2n) is 5.44. The molecule has 1 fully saturated rings. The number of halogens is 3. The molecule has 4 heteroatoms. The molecule has 2 heterocycles. The molecule has 1 nitrogen and oxygen atoms in total. The molecule has 2 aliphatic rings. The van der Waals surface area contributed by atoms with E-state index in [1.807, 2.05) is 0 Å². The van der Waals surface area contributed by atoms with E-state index in [2.05, 4.69) is 18.0 Å². The summed E-state index contributed by atoms with van der Waals surface area (Å²) in [4.78, 5) is 2.37. The fourth-order valence-corrected chi connectivity index (χ4v) is 3.13. The zero-order chi connectivity index (χ0) is 13.6. The molecule has 0 unspecified atom stereocenters. The van der Waals surface area contributed by atoms with Crippen molar-refractivity contribution < 1.29 is 13.2 Å². The Morgan fingerprint density at radius 1 is 1.11 bits per heavy atom. The van der Waals surface area contributed by atoms with E-state index in [0.29, 0.717) is 12.1 Å². The molecule has 0 aromatic heterocycles. The summed E-state index contributed by atoms with van der Waals surface area (Å²) in [5.41, 5.74) is 1.55. The van der Waals surface area contributed by atoms with Crippen molar-refractivity contribution in [3.63, 3.8) is 0 Å². The molecule has 0 aliphatic carbocycles. The molecular weight excluding hydrogens is 251 g/mol. The zero-order valence-electron chi connectivity index (χ0n) is 10.7. The first-order chi connectivity index (χ1) is 8.95. The maximum atomic E-state index is 12.5. The molecule has 102 valence electrons.